The van der Waals surface area contributed by atoms with Gasteiger partial charge in [0.2, 0.25) is 11.9 Å². The Hall–Kier alpha value is -2.89. The summed E-state index contributed by atoms with van der Waals surface area (Å²) in [5.74, 6) is 0.903. The SMILES string of the molecule is Cc1cc2ccccc2n1CC(=O)N1CCN(c2ncccn2)CC1. The lowest BCUT2D eigenvalue weighted by Crippen LogP contribution is -2.50. The zero-order chi connectivity index (χ0) is 17.2. The predicted octanol–water partition coefficient (Wildman–Crippen LogP) is 2.09. The molecule has 1 aliphatic rings. The molecule has 0 radical (unpaired) electrons. The Morgan fingerprint density at radius 1 is 1.04 bits per heavy atom. The molecule has 1 aromatic carbocycles. The van der Waals surface area contributed by atoms with Crippen LogP contribution in [0.3, 0.4) is 0 Å². The molecule has 3 aromatic rings. The molecule has 1 fully saturated rings. The normalized spacial score (nSPS) is 14.9. The fraction of sp³-hybridized carbons (Fsp3) is 0.316. The van der Waals surface area contributed by atoms with Crippen molar-refractivity contribution in [3.05, 3.63) is 54.5 Å². The van der Waals surface area contributed by atoms with E-state index in [4.69, 9.17) is 0 Å². The lowest BCUT2D eigenvalue weighted by Gasteiger charge is -2.34. The second-order valence-corrected chi connectivity index (χ2v) is 6.35. The minimum absolute atomic E-state index is 0.165. The van der Waals surface area contributed by atoms with Gasteiger partial charge in [-0.05, 0) is 30.5 Å². The molecule has 1 saturated heterocycles. The van der Waals surface area contributed by atoms with Gasteiger partial charge in [0.05, 0.1) is 0 Å². The molecule has 0 unspecified atom stereocenters. The predicted molar refractivity (Wildman–Crippen MR) is 97.5 cm³/mol. The first kappa shape index (κ1) is 15.6. The molecule has 3 heterocycles. The highest BCUT2D eigenvalue weighted by atomic mass is 16.2. The van der Waals surface area contributed by atoms with Gasteiger partial charge in [-0.2, -0.15) is 0 Å². The summed E-state index contributed by atoms with van der Waals surface area (Å²) < 4.78 is 2.10. The molecule has 0 spiro atoms. The highest BCUT2D eigenvalue weighted by Gasteiger charge is 2.23. The zero-order valence-corrected chi connectivity index (χ0v) is 14.3. The molecular formula is C19H21N5O. The number of aromatic nitrogens is 3. The molecule has 1 aliphatic heterocycles. The molecule has 6 heteroatoms. The van der Waals surface area contributed by atoms with Crippen LogP contribution in [0.1, 0.15) is 5.69 Å². The number of rotatable bonds is 3. The largest absolute Gasteiger partial charge is 0.338 e. The van der Waals surface area contributed by atoms with E-state index >= 15 is 0 Å². The number of benzene rings is 1. The molecule has 0 aliphatic carbocycles. The van der Waals surface area contributed by atoms with Crippen LogP contribution < -0.4 is 4.90 Å². The van der Waals surface area contributed by atoms with Crippen LogP contribution in [0, 0.1) is 6.92 Å². The minimum Gasteiger partial charge on any atom is -0.338 e. The summed E-state index contributed by atoms with van der Waals surface area (Å²) in [7, 11) is 0. The standard InChI is InChI=1S/C19H21N5O/c1-15-13-16-5-2-3-6-17(16)24(15)14-18(25)22-9-11-23(12-10-22)19-20-7-4-8-21-19/h2-8,13H,9-12,14H2,1H3. The van der Waals surface area contributed by atoms with E-state index in [9.17, 15) is 4.79 Å². The number of fused-ring (bicyclic) bond motifs is 1. The smallest absolute Gasteiger partial charge is 0.242 e. The van der Waals surface area contributed by atoms with E-state index in [1.54, 1.807) is 12.4 Å². The number of anilines is 1. The van der Waals surface area contributed by atoms with Crippen molar-refractivity contribution in [3.63, 3.8) is 0 Å². The molecule has 0 bridgehead atoms. The topological polar surface area (TPSA) is 54.3 Å². The summed E-state index contributed by atoms with van der Waals surface area (Å²) in [6, 6.07) is 12.1. The Labute approximate surface area is 146 Å². The molecule has 128 valence electrons. The average Bonchev–Trinajstić information content (AvgIpc) is 2.98. The maximum Gasteiger partial charge on any atom is 0.242 e. The Morgan fingerprint density at radius 2 is 1.76 bits per heavy atom. The van der Waals surface area contributed by atoms with Crippen molar-refractivity contribution in [2.24, 2.45) is 0 Å². The first-order valence-corrected chi connectivity index (χ1v) is 8.57. The van der Waals surface area contributed by atoms with E-state index < -0.39 is 0 Å². The second-order valence-electron chi connectivity index (χ2n) is 6.35. The lowest BCUT2D eigenvalue weighted by molar-refractivity contribution is -0.132. The molecule has 0 saturated carbocycles. The Kier molecular flexibility index (Phi) is 4.09. The molecule has 4 rings (SSSR count). The second kappa shape index (κ2) is 6.55. The summed E-state index contributed by atoms with van der Waals surface area (Å²) >= 11 is 0. The van der Waals surface area contributed by atoms with Crippen LogP contribution in [0.4, 0.5) is 5.95 Å². The van der Waals surface area contributed by atoms with Crippen LogP contribution in [0.15, 0.2) is 48.8 Å². The Morgan fingerprint density at radius 3 is 2.52 bits per heavy atom. The van der Waals surface area contributed by atoms with Gasteiger partial charge in [-0.1, -0.05) is 18.2 Å². The first-order valence-electron chi connectivity index (χ1n) is 8.57. The number of nitrogens with zero attached hydrogens (tertiary/aromatic N) is 5. The van der Waals surface area contributed by atoms with E-state index in [1.165, 1.54) is 5.39 Å². The van der Waals surface area contributed by atoms with Crippen LogP contribution in [-0.2, 0) is 11.3 Å². The van der Waals surface area contributed by atoms with Gasteiger partial charge in [0.1, 0.15) is 6.54 Å². The molecule has 25 heavy (non-hydrogen) atoms. The molecule has 6 nitrogen and oxygen atoms in total. The molecule has 0 atom stereocenters. The maximum absolute atomic E-state index is 12.8. The average molecular weight is 335 g/mol. The zero-order valence-electron chi connectivity index (χ0n) is 14.3. The van der Waals surface area contributed by atoms with Crippen molar-refractivity contribution in [1.82, 2.24) is 19.4 Å². The van der Waals surface area contributed by atoms with Crippen LogP contribution in [-0.4, -0.2) is 51.5 Å². The highest BCUT2D eigenvalue weighted by molar-refractivity contribution is 5.84. The number of para-hydroxylation sites is 1. The van der Waals surface area contributed by atoms with Gasteiger partial charge in [-0.25, -0.2) is 9.97 Å². The van der Waals surface area contributed by atoms with E-state index in [0.717, 1.165) is 30.2 Å². The quantitative estimate of drug-likeness (QED) is 0.735. The minimum atomic E-state index is 0.165. The summed E-state index contributed by atoms with van der Waals surface area (Å²) in [4.78, 5) is 25.4. The van der Waals surface area contributed by atoms with Crippen LogP contribution in [0.25, 0.3) is 10.9 Å². The Balaban J connectivity index is 1.43. The van der Waals surface area contributed by atoms with Gasteiger partial charge in [0, 0.05) is 49.8 Å². The number of hydrogen-bond donors (Lipinski definition) is 0. The molecule has 1 amide bonds. The van der Waals surface area contributed by atoms with Crippen LogP contribution >= 0.6 is 0 Å². The summed E-state index contributed by atoms with van der Waals surface area (Å²) in [5, 5.41) is 1.18. The van der Waals surface area contributed by atoms with Crippen molar-refractivity contribution in [2.45, 2.75) is 13.5 Å². The number of aryl methyl sites for hydroxylation is 1. The molecular weight excluding hydrogens is 314 g/mol. The van der Waals surface area contributed by atoms with Crippen LogP contribution in [0.2, 0.25) is 0 Å². The monoisotopic (exact) mass is 335 g/mol. The number of carbonyl (C=O) groups excluding carboxylic acids is 1. The number of amides is 1. The number of carbonyl (C=O) groups is 1. The van der Waals surface area contributed by atoms with Gasteiger partial charge in [-0.3, -0.25) is 4.79 Å². The van der Waals surface area contributed by atoms with Crippen molar-refractivity contribution >= 4 is 22.8 Å². The highest BCUT2D eigenvalue weighted by Crippen LogP contribution is 2.19. The first-order chi connectivity index (χ1) is 12.2. The van der Waals surface area contributed by atoms with Crippen molar-refractivity contribution in [1.29, 1.82) is 0 Å². The van der Waals surface area contributed by atoms with Gasteiger partial charge in [-0.15, -0.1) is 0 Å². The number of hydrogen-bond acceptors (Lipinski definition) is 4. The van der Waals surface area contributed by atoms with Crippen molar-refractivity contribution < 1.29 is 4.79 Å². The fourth-order valence-corrected chi connectivity index (χ4v) is 3.40. The van der Waals surface area contributed by atoms with E-state index in [2.05, 4.69) is 44.6 Å². The lowest BCUT2D eigenvalue weighted by atomic mass is 10.2. The van der Waals surface area contributed by atoms with Crippen LogP contribution in [0.5, 0.6) is 0 Å². The van der Waals surface area contributed by atoms with Gasteiger partial charge >= 0.3 is 0 Å². The summed E-state index contributed by atoms with van der Waals surface area (Å²) in [5.41, 5.74) is 2.23. The molecule has 0 N–H and O–H groups in total. The Bertz CT molecular complexity index is 881. The third-order valence-corrected chi connectivity index (χ3v) is 4.78. The van der Waals surface area contributed by atoms with Gasteiger partial charge in [0.25, 0.3) is 0 Å². The van der Waals surface area contributed by atoms with E-state index in [0.29, 0.717) is 19.6 Å². The van der Waals surface area contributed by atoms with Crippen molar-refractivity contribution in [2.75, 3.05) is 31.1 Å². The van der Waals surface area contributed by atoms with Crippen molar-refractivity contribution in [3.8, 4) is 0 Å². The third-order valence-electron chi connectivity index (χ3n) is 4.78. The summed E-state index contributed by atoms with van der Waals surface area (Å²) in [6.45, 7) is 5.38. The fourth-order valence-electron chi connectivity index (χ4n) is 3.40. The third kappa shape index (κ3) is 3.07. The van der Waals surface area contributed by atoms with E-state index in [1.807, 2.05) is 23.1 Å². The van der Waals surface area contributed by atoms with Gasteiger partial charge in [0.15, 0.2) is 0 Å². The number of piperazine rings is 1. The summed E-state index contributed by atoms with van der Waals surface area (Å²) in [6.07, 6.45) is 3.50. The van der Waals surface area contributed by atoms with E-state index in [-0.39, 0.29) is 5.91 Å². The van der Waals surface area contributed by atoms with Gasteiger partial charge < -0.3 is 14.4 Å². The molecule has 2 aromatic heterocycles. The maximum atomic E-state index is 12.8.